The summed E-state index contributed by atoms with van der Waals surface area (Å²) in [6.07, 6.45) is 2.30. The number of hydrogen-bond acceptors (Lipinski definition) is 3. The Labute approximate surface area is 87.3 Å². The first-order valence-electron chi connectivity index (χ1n) is 5.47. The zero-order valence-corrected chi connectivity index (χ0v) is 9.71. The molecule has 14 heavy (non-hydrogen) atoms. The van der Waals surface area contributed by atoms with Gasteiger partial charge in [0.25, 0.3) is 0 Å². The molecular weight excluding hydrogens is 176 g/mol. The number of hydrogen-bond donors (Lipinski definition) is 2. The standard InChI is InChI=1S/C11H24N2O/c1-10(2,12)7-13-6-4-5-11(3,8-13)9-14/h14H,4-9,12H2,1-3H3. The maximum Gasteiger partial charge on any atom is 0.0497 e. The van der Waals surface area contributed by atoms with E-state index in [2.05, 4.69) is 25.7 Å². The normalized spacial score (nSPS) is 30.6. The highest BCUT2D eigenvalue weighted by atomic mass is 16.3. The van der Waals surface area contributed by atoms with Crippen molar-refractivity contribution in [3.05, 3.63) is 0 Å². The number of likely N-dealkylation sites (tertiary alicyclic amines) is 1. The van der Waals surface area contributed by atoms with Crippen LogP contribution in [0, 0.1) is 5.41 Å². The van der Waals surface area contributed by atoms with Crippen molar-refractivity contribution in [3.8, 4) is 0 Å². The van der Waals surface area contributed by atoms with E-state index in [1.54, 1.807) is 0 Å². The third-order valence-corrected chi connectivity index (χ3v) is 2.87. The van der Waals surface area contributed by atoms with Crippen LogP contribution in [0.3, 0.4) is 0 Å². The van der Waals surface area contributed by atoms with E-state index in [0.717, 1.165) is 26.1 Å². The van der Waals surface area contributed by atoms with Gasteiger partial charge in [-0.15, -0.1) is 0 Å². The Morgan fingerprint density at radius 1 is 1.50 bits per heavy atom. The van der Waals surface area contributed by atoms with Gasteiger partial charge in [0.05, 0.1) is 0 Å². The van der Waals surface area contributed by atoms with Crippen molar-refractivity contribution in [3.63, 3.8) is 0 Å². The van der Waals surface area contributed by atoms with Gasteiger partial charge in [-0.25, -0.2) is 0 Å². The van der Waals surface area contributed by atoms with E-state index in [1.807, 2.05) is 0 Å². The monoisotopic (exact) mass is 200 g/mol. The van der Waals surface area contributed by atoms with E-state index >= 15 is 0 Å². The molecule has 0 aromatic rings. The summed E-state index contributed by atoms with van der Waals surface area (Å²) in [6.45, 7) is 9.57. The Morgan fingerprint density at radius 3 is 2.64 bits per heavy atom. The van der Waals surface area contributed by atoms with Crippen molar-refractivity contribution < 1.29 is 5.11 Å². The fourth-order valence-corrected chi connectivity index (χ4v) is 2.27. The van der Waals surface area contributed by atoms with Gasteiger partial charge < -0.3 is 15.7 Å². The van der Waals surface area contributed by atoms with Crippen molar-refractivity contribution in [2.24, 2.45) is 11.1 Å². The average molecular weight is 200 g/mol. The maximum absolute atomic E-state index is 9.31. The molecule has 1 unspecified atom stereocenters. The number of piperidine rings is 1. The zero-order valence-electron chi connectivity index (χ0n) is 9.71. The summed E-state index contributed by atoms with van der Waals surface area (Å²) in [5.74, 6) is 0. The molecule has 0 aliphatic carbocycles. The second-order valence-corrected chi connectivity index (χ2v) is 5.77. The Bertz CT molecular complexity index is 188. The van der Waals surface area contributed by atoms with Crippen LogP contribution in [0.15, 0.2) is 0 Å². The molecule has 1 fully saturated rings. The van der Waals surface area contributed by atoms with Crippen LogP contribution in [0.25, 0.3) is 0 Å². The molecule has 0 aromatic heterocycles. The van der Waals surface area contributed by atoms with Crippen LogP contribution in [0.5, 0.6) is 0 Å². The average Bonchev–Trinajstić information content (AvgIpc) is 2.01. The summed E-state index contributed by atoms with van der Waals surface area (Å²) in [5.41, 5.74) is 5.95. The topological polar surface area (TPSA) is 49.5 Å². The molecule has 0 aromatic carbocycles. The molecule has 3 N–H and O–H groups in total. The molecule has 3 heteroatoms. The summed E-state index contributed by atoms with van der Waals surface area (Å²) in [4.78, 5) is 2.37. The van der Waals surface area contributed by atoms with Crippen molar-refractivity contribution in [2.75, 3.05) is 26.2 Å². The van der Waals surface area contributed by atoms with Gasteiger partial charge in [0.2, 0.25) is 0 Å². The fourth-order valence-electron chi connectivity index (χ4n) is 2.27. The number of aliphatic hydroxyl groups is 1. The lowest BCUT2D eigenvalue weighted by Crippen LogP contribution is -2.51. The lowest BCUT2D eigenvalue weighted by Gasteiger charge is -2.41. The first-order chi connectivity index (χ1) is 6.35. The molecule has 84 valence electrons. The molecule has 0 amide bonds. The maximum atomic E-state index is 9.31. The van der Waals surface area contributed by atoms with Crippen molar-refractivity contribution >= 4 is 0 Å². The van der Waals surface area contributed by atoms with Gasteiger partial charge in [-0.05, 0) is 33.2 Å². The smallest absolute Gasteiger partial charge is 0.0497 e. The second-order valence-electron chi connectivity index (χ2n) is 5.77. The highest BCUT2D eigenvalue weighted by Gasteiger charge is 2.31. The second kappa shape index (κ2) is 4.17. The van der Waals surface area contributed by atoms with Crippen LogP contribution >= 0.6 is 0 Å². The van der Waals surface area contributed by atoms with Crippen molar-refractivity contribution in [2.45, 2.75) is 39.2 Å². The van der Waals surface area contributed by atoms with Gasteiger partial charge >= 0.3 is 0 Å². The Balaban J connectivity index is 2.48. The summed E-state index contributed by atoms with van der Waals surface area (Å²) in [5, 5.41) is 9.31. The van der Waals surface area contributed by atoms with E-state index in [0.29, 0.717) is 0 Å². The minimum absolute atomic E-state index is 0.0868. The third-order valence-electron chi connectivity index (χ3n) is 2.87. The molecule has 0 bridgehead atoms. The largest absolute Gasteiger partial charge is 0.396 e. The first kappa shape index (κ1) is 12.0. The Morgan fingerprint density at radius 2 is 2.14 bits per heavy atom. The van der Waals surface area contributed by atoms with Gasteiger partial charge in [-0.1, -0.05) is 6.92 Å². The fraction of sp³-hybridized carbons (Fsp3) is 1.00. The molecule has 1 aliphatic rings. The van der Waals surface area contributed by atoms with Crippen LogP contribution in [0.1, 0.15) is 33.6 Å². The Hall–Kier alpha value is -0.120. The minimum Gasteiger partial charge on any atom is -0.396 e. The van der Waals surface area contributed by atoms with E-state index < -0.39 is 0 Å². The van der Waals surface area contributed by atoms with E-state index in [-0.39, 0.29) is 17.6 Å². The summed E-state index contributed by atoms with van der Waals surface area (Å²) >= 11 is 0. The molecule has 0 saturated carbocycles. The quantitative estimate of drug-likeness (QED) is 0.709. The van der Waals surface area contributed by atoms with Crippen molar-refractivity contribution in [1.82, 2.24) is 4.90 Å². The number of nitrogens with two attached hydrogens (primary N) is 1. The van der Waals surface area contributed by atoms with Crippen LogP contribution in [0.2, 0.25) is 0 Å². The number of rotatable bonds is 3. The van der Waals surface area contributed by atoms with Gasteiger partial charge in [0, 0.05) is 30.7 Å². The van der Waals surface area contributed by atoms with E-state index in [9.17, 15) is 5.11 Å². The van der Waals surface area contributed by atoms with Gasteiger partial charge in [0.1, 0.15) is 0 Å². The molecule has 1 atom stereocenters. The molecule has 1 aliphatic heterocycles. The molecule has 0 spiro atoms. The Kier molecular flexibility index (Phi) is 3.56. The zero-order chi connectivity index (χ0) is 10.8. The summed E-state index contributed by atoms with van der Waals surface area (Å²) in [7, 11) is 0. The number of aliphatic hydroxyl groups excluding tert-OH is 1. The van der Waals surface area contributed by atoms with Crippen LogP contribution in [-0.4, -0.2) is 41.8 Å². The summed E-state index contributed by atoms with van der Waals surface area (Å²) in [6, 6.07) is 0. The van der Waals surface area contributed by atoms with Crippen LogP contribution < -0.4 is 5.73 Å². The van der Waals surface area contributed by atoms with Gasteiger partial charge in [0.15, 0.2) is 0 Å². The predicted molar refractivity (Wildman–Crippen MR) is 59.1 cm³/mol. The molecule has 1 rings (SSSR count). The van der Waals surface area contributed by atoms with Crippen molar-refractivity contribution in [1.29, 1.82) is 0 Å². The first-order valence-corrected chi connectivity index (χ1v) is 5.47. The molecule has 1 heterocycles. The lowest BCUT2D eigenvalue weighted by molar-refractivity contribution is 0.0387. The number of nitrogens with zero attached hydrogens (tertiary/aromatic N) is 1. The highest BCUT2D eigenvalue weighted by molar-refractivity contribution is 4.86. The van der Waals surface area contributed by atoms with E-state index in [4.69, 9.17) is 5.73 Å². The van der Waals surface area contributed by atoms with Crippen LogP contribution in [-0.2, 0) is 0 Å². The van der Waals surface area contributed by atoms with E-state index in [1.165, 1.54) is 6.42 Å². The lowest BCUT2D eigenvalue weighted by atomic mass is 9.82. The predicted octanol–water partition coefficient (Wildman–Crippen LogP) is 0.818. The highest BCUT2D eigenvalue weighted by Crippen LogP contribution is 2.29. The summed E-state index contributed by atoms with van der Waals surface area (Å²) < 4.78 is 0. The van der Waals surface area contributed by atoms with Crippen LogP contribution in [0.4, 0.5) is 0 Å². The van der Waals surface area contributed by atoms with Gasteiger partial charge in [-0.3, -0.25) is 0 Å². The molecule has 1 saturated heterocycles. The third kappa shape index (κ3) is 3.56. The molecule has 0 radical (unpaired) electrons. The molecular formula is C11H24N2O. The minimum atomic E-state index is -0.131. The van der Waals surface area contributed by atoms with Gasteiger partial charge in [-0.2, -0.15) is 0 Å². The SMILES string of the molecule is CC(C)(N)CN1CCCC(C)(CO)C1. The molecule has 3 nitrogen and oxygen atoms in total.